The SMILES string of the molecule is COc1cc(CO)ccc1Oc1cc(C)nc(Cl)n1. The first-order valence-corrected chi connectivity index (χ1v) is 5.97. The van der Waals surface area contributed by atoms with Crippen LogP contribution < -0.4 is 9.47 Å². The van der Waals surface area contributed by atoms with Crippen molar-refractivity contribution in [1.29, 1.82) is 0 Å². The van der Waals surface area contributed by atoms with Gasteiger partial charge in [0.15, 0.2) is 11.5 Å². The Kier molecular flexibility index (Phi) is 4.19. The lowest BCUT2D eigenvalue weighted by Crippen LogP contribution is -1.96. The van der Waals surface area contributed by atoms with Crippen LogP contribution in [0.15, 0.2) is 24.3 Å². The van der Waals surface area contributed by atoms with Gasteiger partial charge in [-0.05, 0) is 36.2 Å². The average molecular weight is 281 g/mol. The fourth-order valence-electron chi connectivity index (χ4n) is 1.56. The average Bonchev–Trinajstić information content (AvgIpc) is 2.38. The number of ether oxygens (including phenoxy) is 2. The summed E-state index contributed by atoms with van der Waals surface area (Å²) >= 11 is 5.77. The van der Waals surface area contributed by atoms with Crippen LogP contribution in [0.1, 0.15) is 11.3 Å². The van der Waals surface area contributed by atoms with Crippen LogP contribution >= 0.6 is 11.6 Å². The minimum absolute atomic E-state index is 0.0604. The molecule has 100 valence electrons. The summed E-state index contributed by atoms with van der Waals surface area (Å²) in [6, 6.07) is 6.82. The van der Waals surface area contributed by atoms with E-state index in [9.17, 15) is 0 Å². The molecule has 0 saturated carbocycles. The molecular formula is C13H13ClN2O3. The number of benzene rings is 1. The molecule has 1 N–H and O–H groups in total. The monoisotopic (exact) mass is 280 g/mol. The first-order valence-electron chi connectivity index (χ1n) is 5.59. The predicted molar refractivity (Wildman–Crippen MR) is 70.8 cm³/mol. The van der Waals surface area contributed by atoms with Crippen molar-refractivity contribution >= 4 is 11.6 Å². The van der Waals surface area contributed by atoms with E-state index in [1.54, 1.807) is 31.2 Å². The molecule has 19 heavy (non-hydrogen) atoms. The quantitative estimate of drug-likeness (QED) is 0.873. The summed E-state index contributed by atoms with van der Waals surface area (Å²) in [4.78, 5) is 7.93. The molecule has 0 spiro atoms. The Morgan fingerprint density at radius 1 is 1.21 bits per heavy atom. The number of methoxy groups -OCH3 is 1. The van der Waals surface area contributed by atoms with Crippen LogP contribution in [-0.2, 0) is 6.61 Å². The van der Waals surface area contributed by atoms with Gasteiger partial charge in [0.1, 0.15) is 0 Å². The highest BCUT2D eigenvalue weighted by atomic mass is 35.5. The van der Waals surface area contributed by atoms with Gasteiger partial charge in [0, 0.05) is 11.8 Å². The van der Waals surface area contributed by atoms with E-state index in [0.717, 1.165) is 5.56 Å². The minimum atomic E-state index is -0.0604. The molecule has 1 heterocycles. The van der Waals surface area contributed by atoms with E-state index in [4.69, 9.17) is 26.2 Å². The first-order chi connectivity index (χ1) is 9.12. The fourth-order valence-corrected chi connectivity index (χ4v) is 1.78. The molecule has 0 aliphatic heterocycles. The van der Waals surface area contributed by atoms with E-state index in [0.29, 0.717) is 23.1 Å². The Labute approximate surface area is 115 Å². The molecule has 0 amide bonds. The lowest BCUT2D eigenvalue weighted by Gasteiger charge is -2.11. The Bertz CT molecular complexity index is 570. The molecule has 1 aromatic carbocycles. The molecule has 0 atom stereocenters. The summed E-state index contributed by atoms with van der Waals surface area (Å²) in [5.74, 6) is 1.35. The number of nitrogens with zero attached hydrogens (tertiary/aromatic N) is 2. The van der Waals surface area contributed by atoms with Crippen molar-refractivity contribution in [2.75, 3.05) is 7.11 Å². The van der Waals surface area contributed by atoms with Crippen LogP contribution in [-0.4, -0.2) is 22.2 Å². The van der Waals surface area contributed by atoms with Crippen molar-refractivity contribution in [1.82, 2.24) is 9.97 Å². The summed E-state index contributed by atoms with van der Waals surface area (Å²) < 4.78 is 10.8. The fraction of sp³-hybridized carbons (Fsp3) is 0.231. The van der Waals surface area contributed by atoms with Crippen molar-refractivity contribution in [3.8, 4) is 17.4 Å². The number of aryl methyl sites for hydroxylation is 1. The lowest BCUT2D eigenvalue weighted by atomic mass is 10.2. The molecule has 0 fully saturated rings. The maximum absolute atomic E-state index is 9.08. The maximum Gasteiger partial charge on any atom is 0.225 e. The third kappa shape index (κ3) is 3.33. The number of halogens is 1. The number of aliphatic hydroxyl groups excluding tert-OH is 1. The Morgan fingerprint density at radius 2 is 2.00 bits per heavy atom. The molecule has 0 bridgehead atoms. The van der Waals surface area contributed by atoms with Gasteiger partial charge < -0.3 is 14.6 Å². The van der Waals surface area contributed by atoms with Crippen LogP contribution in [0.2, 0.25) is 5.28 Å². The second-order valence-corrected chi connectivity index (χ2v) is 4.20. The Balaban J connectivity index is 2.32. The molecule has 0 aliphatic carbocycles. The third-order valence-corrected chi connectivity index (χ3v) is 2.60. The van der Waals surface area contributed by atoms with E-state index in [1.165, 1.54) is 7.11 Å². The van der Waals surface area contributed by atoms with Crippen molar-refractivity contribution < 1.29 is 14.6 Å². The number of hydrogen-bond acceptors (Lipinski definition) is 5. The molecule has 5 nitrogen and oxygen atoms in total. The van der Waals surface area contributed by atoms with E-state index in [2.05, 4.69) is 9.97 Å². The molecular weight excluding hydrogens is 268 g/mol. The highest BCUT2D eigenvalue weighted by molar-refractivity contribution is 6.28. The minimum Gasteiger partial charge on any atom is -0.493 e. The second kappa shape index (κ2) is 5.86. The first kappa shape index (κ1) is 13.6. The van der Waals surface area contributed by atoms with Crippen LogP contribution in [0.5, 0.6) is 17.4 Å². The van der Waals surface area contributed by atoms with Gasteiger partial charge in [0.05, 0.1) is 13.7 Å². The Morgan fingerprint density at radius 3 is 2.63 bits per heavy atom. The maximum atomic E-state index is 9.08. The topological polar surface area (TPSA) is 64.5 Å². The van der Waals surface area contributed by atoms with Crippen molar-refractivity contribution in [2.24, 2.45) is 0 Å². The van der Waals surface area contributed by atoms with Crippen LogP contribution in [0.3, 0.4) is 0 Å². The Hall–Kier alpha value is -1.85. The van der Waals surface area contributed by atoms with Gasteiger partial charge in [-0.3, -0.25) is 0 Å². The van der Waals surface area contributed by atoms with E-state index in [-0.39, 0.29) is 11.9 Å². The molecule has 0 aliphatic rings. The van der Waals surface area contributed by atoms with Gasteiger partial charge in [-0.15, -0.1) is 0 Å². The van der Waals surface area contributed by atoms with Gasteiger partial charge >= 0.3 is 0 Å². The smallest absolute Gasteiger partial charge is 0.225 e. The lowest BCUT2D eigenvalue weighted by molar-refractivity contribution is 0.280. The predicted octanol–water partition coefficient (Wildman–Crippen LogP) is 2.73. The van der Waals surface area contributed by atoms with Gasteiger partial charge in [0.25, 0.3) is 0 Å². The largest absolute Gasteiger partial charge is 0.493 e. The van der Waals surface area contributed by atoms with Crippen LogP contribution in [0.4, 0.5) is 0 Å². The number of aliphatic hydroxyl groups is 1. The zero-order valence-electron chi connectivity index (χ0n) is 10.6. The zero-order chi connectivity index (χ0) is 13.8. The summed E-state index contributed by atoms with van der Waals surface area (Å²) in [7, 11) is 1.53. The highest BCUT2D eigenvalue weighted by Crippen LogP contribution is 2.32. The molecule has 2 aromatic rings. The normalized spacial score (nSPS) is 10.3. The molecule has 1 aromatic heterocycles. The number of aromatic nitrogens is 2. The van der Waals surface area contributed by atoms with E-state index >= 15 is 0 Å². The molecule has 0 saturated heterocycles. The van der Waals surface area contributed by atoms with Gasteiger partial charge in [0.2, 0.25) is 11.2 Å². The molecule has 0 radical (unpaired) electrons. The van der Waals surface area contributed by atoms with Crippen molar-refractivity contribution in [3.05, 3.63) is 40.8 Å². The number of rotatable bonds is 4. The van der Waals surface area contributed by atoms with Crippen molar-refractivity contribution in [3.63, 3.8) is 0 Å². The van der Waals surface area contributed by atoms with Gasteiger partial charge in [-0.2, -0.15) is 4.98 Å². The summed E-state index contributed by atoms with van der Waals surface area (Å²) in [5.41, 5.74) is 1.45. The molecule has 2 rings (SSSR count). The van der Waals surface area contributed by atoms with Crippen LogP contribution in [0, 0.1) is 6.92 Å². The van der Waals surface area contributed by atoms with Gasteiger partial charge in [-0.25, -0.2) is 4.98 Å². The third-order valence-electron chi connectivity index (χ3n) is 2.43. The molecule has 0 unspecified atom stereocenters. The highest BCUT2D eigenvalue weighted by Gasteiger charge is 2.09. The van der Waals surface area contributed by atoms with E-state index in [1.807, 2.05) is 0 Å². The molecule has 6 heteroatoms. The summed E-state index contributed by atoms with van der Waals surface area (Å²) in [5, 5.41) is 9.20. The summed E-state index contributed by atoms with van der Waals surface area (Å²) in [6.45, 7) is 1.74. The van der Waals surface area contributed by atoms with Gasteiger partial charge in [-0.1, -0.05) is 6.07 Å². The zero-order valence-corrected chi connectivity index (χ0v) is 11.3. The second-order valence-electron chi connectivity index (χ2n) is 3.86. The number of hydrogen-bond donors (Lipinski definition) is 1. The van der Waals surface area contributed by atoms with Crippen LogP contribution in [0.25, 0.3) is 0 Å². The summed E-state index contributed by atoms with van der Waals surface area (Å²) in [6.07, 6.45) is 0. The van der Waals surface area contributed by atoms with Crippen molar-refractivity contribution in [2.45, 2.75) is 13.5 Å². The standard InChI is InChI=1S/C13H13ClN2O3/c1-8-5-12(16-13(14)15-8)19-10-4-3-9(7-17)6-11(10)18-2/h3-6,17H,7H2,1-2H3. The van der Waals surface area contributed by atoms with E-state index < -0.39 is 0 Å².